The predicted octanol–water partition coefficient (Wildman–Crippen LogP) is 1.59. The number of phenolic OH excluding ortho intramolecular Hbond substituents is 1. The number of rotatable bonds is 7. The average Bonchev–Trinajstić information content (AvgIpc) is 3.66. The smallest absolute Gasteiger partial charge is 0.507 e. The van der Waals surface area contributed by atoms with E-state index in [-0.39, 0.29) is 23.5 Å². The summed E-state index contributed by atoms with van der Waals surface area (Å²) in [6, 6.07) is 5.58. The molecule has 10 unspecified atom stereocenters. The molecule has 0 spiro atoms. The molecule has 2 heterocycles. The molecule has 13 nitrogen and oxygen atoms in total. The largest absolute Gasteiger partial charge is 0.508 e. The van der Waals surface area contributed by atoms with Crippen molar-refractivity contribution in [3.63, 3.8) is 0 Å². The van der Waals surface area contributed by atoms with Crippen molar-refractivity contribution in [2.75, 3.05) is 20.8 Å². The summed E-state index contributed by atoms with van der Waals surface area (Å²) in [6.07, 6.45) is -6.18. The van der Waals surface area contributed by atoms with Gasteiger partial charge in [0.1, 0.15) is 47.4 Å². The molecule has 5 N–H and O–H groups in total. The summed E-state index contributed by atoms with van der Waals surface area (Å²) >= 11 is 6.46. The number of aliphatic hydroxyl groups is 3. The highest BCUT2D eigenvalue weighted by molar-refractivity contribution is 6.23. The number of hydrogen-bond acceptors (Lipinski definition) is 13. The van der Waals surface area contributed by atoms with Crippen molar-refractivity contribution in [1.82, 2.24) is 5.32 Å². The zero-order chi connectivity index (χ0) is 35.2. The minimum absolute atomic E-state index is 0.116. The molecule has 49 heavy (non-hydrogen) atoms. The summed E-state index contributed by atoms with van der Waals surface area (Å²) in [5, 5.41) is 46.3. The van der Waals surface area contributed by atoms with Gasteiger partial charge in [0, 0.05) is 16.5 Å². The number of aryl methyl sites for hydroxylation is 1. The molecule has 10 atom stereocenters. The Labute approximate surface area is 286 Å². The Kier molecular flexibility index (Phi) is 9.55. The lowest BCUT2D eigenvalue weighted by Crippen LogP contribution is -2.62. The van der Waals surface area contributed by atoms with Crippen molar-refractivity contribution in [2.24, 2.45) is 0 Å². The van der Waals surface area contributed by atoms with Crippen LogP contribution in [0.15, 0.2) is 47.6 Å². The van der Waals surface area contributed by atoms with Gasteiger partial charge in [-0.25, -0.2) is 9.59 Å². The van der Waals surface area contributed by atoms with Gasteiger partial charge < -0.3 is 54.2 Å². The Balaban J connectivity index is 1.42. The van der Waals surface area contributed by atoms with Crippen LogP contribution in [0.1, 0.15) is 22.8 Å². The zero-order valence-corrected chi connectivity index (χ0v) is 27.6. The van der Waals surface area contributed by atoms with E-state index in [1.165, 1.54) is 25.3 Å². The Morgan fingerprint density at radius 1 is 1.18 bits per heavy atom. The maximum atomic E-state index is 14.0. The first kappa shape index (κ1) is 34.5. The van der Waals surface area contributed by atoms with Gasteiger partial charge in [-0.15, -0.1) is 11.6 Å². The molecule has 2 fully saturated rings. The number of fused-ring (bicyclic) bond motifs is 2. The highest BCUT2D eigenvalue weighted by Crippen LogP contribution is 2.38. The number of aromatic hydroxyl groups is 1. The van der Waals surface area contributed by atoms with Crippen LogP contribution in [0.25, 0.3) is 10.8 Å². The van der Waals surface area contributed by atoms with E-state index in [0.29, 0.717) is 22.1 Å². The van der Waals surface area contributed by atoms with Gasteiger partial charge in [0.25, 0.3) is 0 Å². The average molecular weight is 696 g/mol. The number of hydrogen-bond donors (Lipinski definition) is 5. The number of phenols is 1. The van der Waals surface area contributed by atoms with Crippen molar-refractivity contribution in [2.45, 2.75) is 73.8 Å². The first-order chi connectivity index (χ1) is 23.4. The highest BCUT2D eigenvalue weighted by atomic mass is 35.5. The van der Waals surface area contributed by atoms with Gasteiger partial charge in [0.2, 0.25) is 0 Å². The van der Waals surface area contributed by atoms with Gasteiger partial charge >= 0.3 is 12.1 Å². The molecular formula is C35H34ClNO12. The summed E-state index contributed by atoms with van der Waals surface area (Å²) in [6.45, 7) is 3.10. The molecule has 258 valence electrons. The lowest BCUT2D eigenvalue weighted by Gasteiger charge is -2.42. The molecule has 0 saturated carbocycles. The van der Waals surface area contributed by atoms with E-state index in [0.717, 1.165) is 5.56 Å². The molecule has 2 aliphatic carbocycles. The topological polar surface area (TPSA) is 182 Å². The number of carbonyl (C=O) groups excluding carboxylic acids is 2. The van der Waals surface area contributed by atoms with Crippen molar-refractivity contribution < 1.29 is 58.4 Å². The molecule has 0 bridgehead atoms. The van der Waals surface area contributed by atoms with Crippen LogP contribution in [-0.2, 0) is 23.7 Å². The number of benzene rings is 2. The van der Waals surface area contributed by atoms with E-state index in [4.69, 9.17) is 40.0 Å². The number of cyclic esters (lactones) is 2. The second-order valence-corrected chi connectivity index (χ2v) is 12.4. The highest BCUT2D eigenvalue weighted by Gasteiger charge is 2.50. The second-order valence-electron chi connectivity index (χ2n) is 12.0. The van der Waals surface area contributed by atoms with Gasteiger partial charge in [-0.2, -0.15) is 0 Å². The molecule has 0 aromatic heterocycles. The number of nitrogens with one attached hydrogen (secondary N) is 1. The van der Waals surface area contributed by atoms with Crippen LogP contribution in [0.4, 0.5) is 4.79 Å². The third-order valence-corrected chi connectivity index (χ3v) is 9.42. The standard InChI is InChI=1S/C35H34ClNO12/c1-16-12-19(44-4)14-22-20(16)8-9-23(38)27(22)32(41)47-24-13-18-10-11-35(43,26-15-45-34(42)48-26)25(36)7-5-6-21(18)31(24)49-33-28(37-3)30(40)29(39)17(2)46-33/h6,8-9,12-14,17,24-26,28-31,33,37-40,43H,15H2,1-4H3. The number of allylic oxidation sites excluding steroid dienone is 1. The monoisotopic (exact) mass is 695 g/mol. The fraction of sp³-hybridized carbons (Fsp3) is 0.429. The maximum absolute atomic E-state index is 14.0. The molecule has 2 aromatic carbocycles. The van der Waals surface area contributed by atoms with Gasteiger partial charge in [-0.3, -0.25) is 0 Å². The summed E-state index contributed by atoms with van der Waals surface area (Å²) in [5.74, 6) is 10.3. The molecule has 0 radical (unpaired) electrons. The first-order valence-corrected chi connectivity index (χ1v) is 15.8. The SMILES string of the molecule is CNC1C(OC2C3=CC#CC(Cl)C(O)(C4COC(=O)O4)C#CC3=CC2OC(=O)c2c(O)ccc3c(C)cc(OC)cc23)OC(C)C(O)C1O. The maximum Gasteiger partial charge on any atom is 0.508 e. The van der Waals surface area contributed by atoms with Crippen LogP contribution in [-0.4, -0.2) is 113 Å². The number of alkyl halides is 1. The van der Waals surface area contributed by atoms with E-state index in [1.807, 2.05) is 6.92 Å². The molecule has 4 aliphatic rings. The van der Waals surface area contributed by atoms with Crippen LogP contribution in [0.3, 0.4) is 0 Å². The van der Waals surface area contributed by atoms with Crippen molar-refractivity contribution in [3.05, 3.63) is 58.7 Å². The summed E-state index contributed by atoms with van der Waals surface area (Å²) < 4.78 is 33.7. The van der Waals surface area contributed by atoms with Crippen LogP contribution in [0, 0.1) is 30.6 Å². The fourth-order valence-corrected chi connectivity index (χ4v) is 6.47. The first-order valence-electron chi connectivity index (χ1n) is 15.4. The minimum Gasteiger partial charge on any atom is -0.507 e. The van der Waals surface area contributed by atoms with Crippen LogP contribution in [0.2, 0.25) is 0 Å². The quantitative estimate of drug-likeness (QED) is 0.160. The van der Waals surface area contributed by atoms with Crippen LogP contribution < -0.4 is 10.1 Å². The van der Waals surface area contributed by atoms with E-state index >= 15 is 0 Å². The van der Waals surface area contributed by atoms with Gasteiger partial charge in [0.05, 0.1) is 19.3 Å². The third kappa shape index (κ3) is 6.31. The summed E-state index contributed by atoms with van der Waals surface area (Å²) in [4.78, 5) is 25.6. The number of carbonyl (C=O) groups is 2. The number of halogens is 1. The zero-order valence-electron chi connectivity index (χ0n) is 26.8. The lowest BCUT2D eigenvalue weighted by molar-refractivity contribution is -0.273. The molecule has 6 rings (SSSR count). The molecule has 2 aliphatic heterocycles. The van der Waals surface area contributed by atoms with Crippen molar-refractivity contribution in [1.29, 1.82) is 0 Å². The van der Waals surface area contributed by atoms with Gasteiger partial charge in [-0.05, 0) is 62.2 Å². The third-order valence-electron chi connectivity index (χ3n) is 8.98. The second kappa shape index (κ2) is 13.5. The minimum atomic E-state index is -2.15. The number of aliphatic hydroxyl groups excluding tert-OH is 2. The number of likely N-dealkylation sites (N-methyl/N-ethyl adjacent to an activating group) is 1. The van der Waals surface area contributed by atoms with Crippen molar-refractivity contribution in [3.8, 4) is 35.2 Å². The predicted molar refractivity (Wildman–Crippen MR) is 173 cm³/mol. The van der Waals surface area contributed by atoms with E-state index in [1.54, 1.807) is 32.2 Å². The number of esters is 1. The molecular weight excluding hydrogens is 662 g/mol. The molecule has 14 heteroatoms. The Bertz CT molecular complexity index is 1870. The van der Waals surface area contributed by atoms with E-state index in [2.05, 4.69) is 29.0 Å². The summed E-state index contributed by atoms with van der Waals surface area (Å²) in [5.41, 5.74) is -0.920. The van der Waals surface area contributed by atoms with Crippen LogP contribution >= 0.6 is 11.6 Å². The van der Waals surface area contributed by atoms with Gasteiger partial charge in [-0.1, -0.05) is 29.7 Å². The fourth-order valence-electron chi connectivity index (χ4n) is 6.21. The molecule has 2 aromatic rings. The number of ether oxygens (including phenoxy) is 6. The van der Waals surface area contributed by atoms with E-state index < -0.39 is 72.1 Å². The number of methoxy groups -OCH3 is 1. The Morgan fingerprint density at radius 2 is 1.96 bits per heavy atom. The summed E-state index contributed by atoms with van der Waals surface area (Å²) in [7, 11) is 3.05. The lowest BCUT2D eigenvalue weighted by atomic mass is 9.93. The normalized spacial score (nSPS) is 33.6. The van der Waals surface area contributed by atoms with Crippen LogP contribution in [0.5, 0.6) is 11.5 Å². The molecule has 0 amide bonds. The van der Waals surface area contributed by atoms with Gasteiger partial charge in [0.15, 0.2) is 24.1 Å². The van der Waals surface area contributed by atoms with E-state index in [9.17, 15) is 30.0 Å². The molecule has 2 saturated heterocycles. The Morgan fingerprint density at radius 3 is 2.65 bits per heavy atom. The Hall–Kier alpha value is -4.31. The van der Waals surface area contributed by atoms with Crippen molar-refractivity contribution >= 4 is 34.5 Å².